The molecule has 1 aromatic heterocycles. The highest BCUT2D eigenvalue weighted by molar-refractivity contribution is 7.72. The largest absolute Gasteiger partial charge is 0.456 e. The lowest BCUT2D eigenvalue weighted by Crippen LogP contribution is -2.31. The molecule has 3 aromatic carbocycles. The van der Waals surface area contributed by atoms with E-state index in [4.69, 9.17) is 4.42 Å². The molecule has 0 unspecified atom stereocenters. The number of rotatable bonds is 5. The monoisotopic (exact) mass is 448 g/mol. The molecular formula is C20H18O8P2. The second kappa shape index (κ2) is 7.15. The van der Waals surface area contributed by atoms with Gasteiger partial charge in [-0.05, 0) is 28.8 Å². The van der Waals surface area contributed by atoms with Crippen LogP contribution in [0.3, 0.4) is 0 Å². The minimum Gasteiger partial charge on any atom is -0.456 e. The van der Waals surface area contributed by atoms with Crippen molar-refractivity contribution in [3.8, 4) is 11.1 Å². The molecule has 0 aliphatic rings. The molecule has 30 heavy (non-hydrogen) atoms. The zero-order valence-electron chi connectivity index (χ0n) is 15.4. The van der Waals surface area contributed by atoms with Crippen molar-refractivity contribution in [2.45, 2.75) is 11.5 Å². The summed E-state index contributed by atoms with van der Waals surface area (Å²) < 4.78 is 29.2. The van der Waals surface area contributed by atoms with Crippen LogP contribution in [0.1, 0.15) is 5.56 Å². The number of hydrogen-bond acceptors (Lipinski definition) is 4. The van der Waals surface area contributed by atoms with Crippen molar-refractivity contribution in [3.05, 3.63) is 72.3 Å². The highest BCUT2D eigenvalue weighted by Gasteiger charge is 2.59. The Morgan fingerprint density at radius 2 is 1.43 bits per heavy atom. The topological polar surface area (TPSA) is 148 Å². The molecule has 0 saturated heterocycles. The first kappa shape index (κ1) is 21.0. The van der Waals surface area contributed by atoms with E-state index in [1.807, 2.05) is 36.4 Å². The van der Waals surface area contributed by atoms with Gasteiger partial charge in [-0.3, -0.25) is 9.13 Å². The molecule has 4 aromatic rings. The first-order chi connectivity index (χ1) is 14.0. The predicted octanol–water partition coefficient (Wildman–Crippen LogP) is 3.80. The van der Waals surface area contributed by atoms with E-state index in [1.54, 1.807) is 18.2 Å². The molecule has 5 N–H and O–H groups in total. The number of benzene rings is 3. The second-order valence-corrected chi connectivity index (χ2v) is 11.0. The molecule has 0 saturated carbocycles. The van der Waals surface area contributed by atoms with Crippen LogP contribution < -0.4 is 0 Å². The van der Waals surface area contributed by atoms with Crippen molar-refractivity contribution in [2.75, 3.05) is 0 Å². The van der Waals surface area contributed by atoms with E-state index in [2.05, 4.69) is 0 Å². The van der Waals surface area contributed by atoms with Crippen LogP contribution in [0.15, 0.2) is 71.1 Å². The van der Waals surface area contributed by atoms with E-state index in [-0.39, 0.29) is 5.56 Å². The number of hydrogen-bond donors (Lipinski definition) is 5. The van der Waals surface area contributed by atoms with Crippen LogP contribution in [0.2, 0.25) is 0 Å². The summed E-state index contributed by atoms with van der Waals surface area (Å²) in [5.74, 6) is 0. The Labute approximate surface area is 170 Å². The Kier molecular flexibility index (Phi) is 5.00. The first-order valence-electron chi connectivity index (χ1n) is 8.84. The maximum Gasteiger partial charge on any atom is 0.369 e. The van der Waals surface area contributed by atoms with Crippen molar-refractivity contribution in [1.82, 2.24) is 0 Å². The van der Waals surface area contributed by atoms with E-state index in [0.29, 0.717) is 16.7 Å². The van der Waals surface area contributed by atoms with Gasteiger partial charge in [-0.1, -0.05) is 54.6 Å². The molecule has 156 valence electrons. The summed E-state index contributed by atoms with van der Waals surface area (Å²) >= 11 is 0. The third-order valence-electron chi connectivity index (χ3n) is 5.01. The molecule has 0 radical (unpaired) electrons. The van der Waals surface area contributed by atoms with Crippen LogP contribution in [0, 0.1) is 0 Å². The van der Waals surface area contributed by atoms with Gasteiger partial charge >= 0.3 is 15.2 Å². The molecule has 0 fully saturated rings. The average Bonchev–Trinajstić information content (AvgIpc) is 3.05. The molecule has 4 rings (SSSR count). The Morgan fingerprint density at radius 1 is 0.800 bits per heavy atom. The summed E-state index contributed by atoms with van der Waals surface area (Å²) in [5, 5.41) is 8.45. The Balaban J connectivity index is 1.86. The molecule has 0 aliphatic heterocycles. The molecule has 0 aliphatic carbocycles. The van der Waals surface area contributed by atoms with E-state index in [1.165, 1.54) is 12.1 Å². The van der Waals surface area contributed by atoms with Crippen LogP contribution in [-0.2, 0) is 15.6 Å². The van der Waals surface area contributed by atoms with Crippen LogP contribution in [0.25, 0.3) is 33.1 Å². The zero-order chi connectivity index (χ0) is 21.7. The fourth-order valence-electron chi connectivity index (χ4n) is 3.51. The molecular weight excluding hydrogens is 430 g/mol. The van der Waals surface area contributed by atoms with E-state index in [0.717, 1.165) is 16.3 Å². The standard InChI is InChI=1S/C20H18O8P2/c21-20(29(22,23)24,30(25,26)27)12-13-5-3-6-14(11-13)15-8-4-10-18-19(15)16-7-1-2-9-17(16)28-18/h1-11,21H,12H2,(H2,22,23,24)(H2,25,26,27). The van der Waals surface area contributed by atoms with Crippen LogP contribution in [0.4, 0.5) is 0 Å². The normalized spacial score (nSPS) is 13.2. The van der Waals surface area contributed by atoms with Crippen LogP contribution in [-0.4, -0.2) is 29.8 Å². The summed E-state index contributed by atoms with van der Waals surface area (Å²) in [7, 11) is -11.1. The minimum atomic E-state index is -5.55. The quantitative estimate of drug-likeness (QED) is 0.290. The van der Waals surface area contributed by atoms with Crippen molar-refractivity contribution >= 4 is 37.1 Å². The molecule has 8 nitrogen and oxygen atoms in total. The van der Waals surface area contributed by atoms with Gasteiger partial charge in [0.2, 0.25) is 0 Å². The first-order valence-corrected chi connectivity index (χ1v) is 12.1. The average molecular weight is 448 g/mol. The summed E-state index contributed by atoms with van der Waals surface area (Å²) in [6.07, 6.45) is -0.919. The van der Waals surface area contributed by atoms with Crippen molar-refractivity contribution in [3.63, 3.8) is 0 Å². The predicted molar refractivity (Wildman–Crippen MR) is 112 cm³/mol. The SMILES string of the molecule is O=P(O)(O)C(O)(Cc1cccc(-c2cccc3oc4ccccc4c23)c1)P(=O)(O)O. The van der Waals surface area contributed by atoms with Gasteiger partial charge in [0, 0.05) is 17.2 Å². The number of fused-ring (bicyclic) bond motifs is 3. The lowest BCUT2D eigenvalue weighted by Gasteiger charge is -2.29. The van der Waals surface area contributed by atoms with Gasteiger partial charge in [-0.15, -0.1) is 0 Å². The minimum absolute atomic E-state index is 0.159. The van der Waals surface area contributed by atoms with Gasteiger partial charge in [0.1, 0.15) is 11.2 Å². The van der Waals surface area contributed by atoms with Gasteiger partial charge in [-0.2, -0.15) is 0 Å². The third kappa shape index (κ3) is 3.43. The highest BCUT2D eigenvalue weighted by Crippen LogP contribution is 2.68. The van der Waals surface area contributed by atoms with Crippen molar-refractivity contribution in [1.29, 1.82) is 0 Å². The van der Waals surface area contributed by atoms with E-state index < -0.39 is 26.7 Å². The highest BCUT2D eigenvalue weighted by atomic mass is 31.2. The summed E-state index contributed by atoms with van der Waals surface area (Å²) in [5.41, 5.74) is 2.93. The van der Waals surface area contributed by atoms with Crippen molar-refractivity contribution in [2.24, 2.45) is 0 Å². The van der Waals surface area contributed by atoms with Gasteiger partial charge in [-0.25, -0.2) is 0 Å². The van der Waals surface area contributed by atoms with E-state index in [9.17, 15) is 33.8 Å². The number of furan rings is 1. The maximum absolute atomic E-state index is 11.7. The van der Waals surface area contributed by atoms with E-state index >= 15 is 0 Å². The number of para-hydroxylation sites is 1. The Bertz CT molecular complexity index is 1330. The summed E-state index contributed by atoms with van der Waals surface area (Å²) in [4.78, 5) is 37.6. The molecule has 0 bridgehead atoms. The van der Waals surface area contributed by atoms with Gasteiger partial charge in [0.25, 0.3) is 5.08 Å². The van der Waals surface area contributed by atoms with Gasteiger partial charge in [0.05, 0.1) is 0 Å². The summed E-state index contributed by atoms with van der Waals surface area (Å²) in [6, 6.07) is 19.3. The molecule has 1 heterocycles. The number of aliphatic hydroxyl groups is 1. The fourth-order valence-corrected chi connectivity index (χ4v) is 5.65. The molecule has 0 spiro atoms. The maximum atomic E-state index is 11.7. The smallest absolute Gasteiger partial charge is 0.369 e. The lowest BCUT2D eigenvalue weighted by atomic mass is 9.97. The lowest BCUT2D eigenvalue weighted by molar-refractivity contribution is 0.131. The second-order valence-electron chi connectivity index (χ2n) is 7.02. The Hall–Kier alpha value is -2.28. The van der Waals surface area contributed by atoms with Crippen LogP contribution >= 0.6 is 15.2 Å². The molecule has 0 amide bonds. The molecule has 0 atom stereocenters. The molecule has 10 heteroatoms. The van der Waals surface area contributed by atoms with Crippen LogP contribution in [0.5, 0.6) is 0 Å². The Morgan fingerprint density at radius 3 is 2.13 bits per heavy atom. The van der Waals surface area contributed by atoms with Gasteiger partial charge < -0.3 is 29.1 Å². The van der Waals surface area contributed by atoms with Gasteiger partial charge in [0.15, 0.2) is 0 Å². The van der Waals surface area contributed by atoms with Crippen molar-refractivity contribution < 1.29 is 38.2 Å². The fraction of sp³-hybridized carbons (Fsp3) is 0.100. The summed E-state index contributed by atoms with van der Waals surface area (Å²) in [6.45, 7) is 0. The zero-order valence-corrected chi connectivity index (χ0v) is 17.2. The third-order valence-corrected chi connectivity index (χ3v) is 8.76.